The summed E-state index contributed by atoms with van der Waals surface area (Å²) in [6.45, 7) is 4.73. The van der Waals surface area contributed by atoms with Crippen molar-refractivity contribution in [1.82, 2.24) is 5.32 Å². The van der Waals surface area contributed by atoms with Crippen LogP contribution in [0.2, 0.25) is 0 Å². The Morgan fingerprint density at radius 1 is 1.40 bits per heavy atom. The predicted octanol–water partition coefficient (Wildman–Crippen LogP) is 0.706. The second-order valence-electron chi connectivity index (χ2n) is 2.38. The quantitative estimate of drug-likeness (QED) is 0.634. The Balaban J connectivity index is 2.02. The average Bonchev–Trinajstić information content (AvgIpc) is 2.03. The molecule has 60 valence electrons. The van der Waals surface area contributed by atoms with Crippen molar-refractivity contribution in [1.29, 1.82) is 0 Å². The fraction of sp³-hybridized carbons (Fsp3) is 1.00. The van der Waals surface area contributed by atoms with E-state index in [1.807, 2.05) is 0 Å². The topological polar surface area (TPSA) is 30.5 Å². The molecule has 0 aromatic carbocycles. The van der Waals surface area contributed by atoms with Gasteiger partial charge in [0.2, 0.25) is 6.41 Å². The smallest absolute Gasteiger partial charge is 0.216 e. The van der Waals surface area contributed by atoms with Crippen molar-refractivity contribution >= 4 is 0 Å². The van der Waals surface area contributed by atoms with Gasteiger partial charge < -0.3 is 9.47 Å². The Morgan fingerprint density at radius 3 is 2.70 bits per heavy atom. The van der Waals surface area contributed by atoms with Gasteiger partial charge in [-0.2, -0.15) is 0 Å². The third kappa shape index (κ3) is 2.64. The summed E-state index contributed by atoms with van der Waals surface area (Å²) in [4.78, 5) is 0. The lowest BCUT2D eigenvalue weighted by atomic mass is 10.4. The molecular formula is C7H15NO2. The van der Waals surface area contributed by atoms with Gasteiger partial charge in [-0.25, -0.2) is 0 Å². The number of rotatable bonds is 3. The van der Waals surface area contributed by atoms with Gasteiger partial charge in [-0.1, -0.05) is 6.92 Å². The van der Waals surface area contributed by atoms with E-state index in [1.54, 1.807) is 0 Å². The van der Waals surface area contributed by atoms with E-state index in [0.29, 0.717) is 0 Å². The molecule has 0 unspecified atom stereocenters. The molecule has 0 saturated carbocycles. The highest BCUT2D eigenvalue weighted by molar-refractivity contribution is 4.48. The van der Waals surface area contributed by atoms with E-state index in [-0.39, 0.29) is 6.41 Å². The maximum absolute atomic E-state index is 5.25. The molecule has 3 heteroatoms. The fourth-order valence-corrected chi connectivity index (χ4v) is 0.868. The number of nitrogens with one attached hydrogen (secondary N) is 1. The molecule has 1 aliphatic rings. The molecule has 0 atom stereocenters. The number of hydrogen-bond acceptors (Lipinski definition) is 3. The Morgan fingerprint density at radius 2 is 2.10 bits per heavy atom. The van der Waals surface area contributed by atoms with Crippen LogP contribution in [0, 0.1) is 0 Å². The van der Waals surface area contributed by atoms with Gasteiger partial charge in [0.15, 0.2) is 0 Å². The molecule has 1 fully saturated rings. The largest absolute Gasteiger partial charge is 0.340 e. The zero-order valence-electron chi connectivity index (χ0n) is 6.43. The van der Waals surface area contributed by atoms with Crippen molar-refractivity contribution in [2.24, 2.45) is 0 Å². The Hall–Kier alpha value is -0.120. The zero-order valence-corrected chi connectivity index (χ0v) is 6.43. The molecule has 1 heterocycles. The van der Waals surface area contributed by atoms with Crippen LogP contribution in [0.4, 0.5) is 0 Å². The van der Waals surface area contributed by atoms with Crippen molar-refractivity contribution in [3.05, 3.63) is 0 Å². The van der Waals surface area contributed by atoms with E-state index < -0.39 is 0 Å². The van der Waals surface area contributed by atoms with Crippen molar-refractivity contribution in [3.63, 3.8) is 0 Å². The van der Waals surface area contributed by atoms with Crippen LogP contribution in [0.15, 0.2) is 0 Å². The second-order valence-corrected chi connectivity index (χ2v) is 2.38. The predicted molar refractivity (Wildman–Crippen MR) is 38.6 cm³/mol. The molecule has 0 aliphatic carbocycles. The van der Waals surface area contributed by atoms with Crippen LogP contribution < -0.4 is 5.32 Å². The van der Waals surface area contributed by atoms with Crippen LogP contribution in [0.5, 0.6) is 0 Å². The first-order valence-electron chi connectivity index (χ1n) is 3.90. The highest BCUT2D eigenvalue weighted by Crippen LogP contribution is 2.00. The van der Waals surface area contributed by atoms with Gasteiger partial charge in [0.25, 0.3) is 0 Å². The summed E-state index contributed by atoms with van der Waals surface area (Å²) < 4.78 is 10.5. The lowest BCUT2D eigenvalue weighted by molar-refractivity contribution is -0.194. The molecule has 1 aliphatic heterocycles. The molecular weight excluding hydrogens is 130 g/mol. The molecule has 10 heavy (non-hydrogen) atoms. The first kappa shape index (κ1) is 7.98. The molecule has 0 aromatic rings. The fourth-order valence-electron chi connectivity index (χ4n) is 0.868. The van der Waals surface area contributed by atoms with Gasteiger partial charge in [-0.15, -0.1) is 0 Å². The van der Waals surface area contributed by atoms with Gasteiger partial charge in [-0.05, 0) is 19.4 Å². The van der Waals surface area contributed by atoms with E-state index in [1.165, 1.54) is 0 Å². The molecule has 0 aromatic heterocycles. The minimum absolute atomic E-state index is 0.145. The van der Waals surface area contributed by atoms with Crippen LogP contribution in [0.3, 0.4) is 0 Å². The lowest BCUT2D eigenvalue weighted by Crippen LogP contribution is -2.38. The third-order valence-electron chi connectivity index (χ3n) is 1.39. The molecule has 1 N–H and O–H groups in total. The van der Waals surface area contributed by atoms with Crippen LogP contribution in [-0.2, 0) is 9.47 Å². The molecule has 0 bridgehead atoms. The van der Waals surface area contributed by atoms with Gasteiger partial charge in [0.05, 0.1) is 13.2 Å². The molecule has 0 spiro atoms. The maximum atomic E-state index is 5.25. The maximum Gasteiger partial charge on any atom is 0.216 e. The molecule has 0 amide bonds. The van der Waals surface area contributed by atoms with E-state index in [0.717, 1.165) is 32.6 Å². The van der Waals surface area contributed by atoms with Gasteiger partial charge >= 0.3 is 0 Å². The summed E-state index contributed by atoms with van der Waals surface area (Å²) >= 11 is 0. The standard InChI is InChI=1S/C7H15NO2/c1-2-4-8-7-9-5-3-6-10-7/h7-8H,2-6H2,1H3. The van der Waals surface area contributed by atoms with E-state index in [4.69, 9.17) is 9.47 Å². The van der Waals surface area contributed by atoms with Crippen molar-refractivity contribution < 1.29 is 9.47 Å². The number of ether oxygens (including phenoxy) is 2. The van der Waals surface area contributed by atoms with Crippen LogP contribution in [-0.4, -0.2) is 26.2 Å². The molecule has 1 saturated heterocycles. The Bertz CT molecular complexity index is 81.7. The van der Waals surface area contributed by atoms with Gasteiger partial charge in [0, 0.05) is 0 Å². The molecule has 0 radical (unpaired) electrons. The average molecular weight is 145 g/mol. The zero-order chi connectivity index (χ0) is 7.23. The molecule has 1 rings (SSSR count). The van der Waals surface area contributed by atoms with E-state index in [2.05, 4.69) is 12.2 Å². The summed E-state index contributed by atoms with van der Waals surface area (Å²) in [5, 5.41) is 3.13. The minimum atomic E-state index is -0.145. The van der Waals surface area contributed by atoms with E-state index >= 15 is 0 Å². The van der Waals surface area contributed by atoms with Crippen LogP contribution in [0.1, 0.15) is 19.8 Å². The van der Waals surface area contributed by atoms with Gasteiger partial charge in [0.1, 0.15) is 0 Å². The second kappa shape index (κ2) is 4.66. The lowest BCUT2D eigenvalue weighted by Gasteiger charge is -2.23. The highest BCUT2D eigenvalue weighted by atomic mass is 16.7. The number of hydrogen-bond donors (Lipinski definition) is 1. The molecule has 3 nitrogen and oxygen atoms in total. The first-order chi connectivity index (χ1) is 4.93. The first-order valence-corrected chi connectivity index (χ1v) is 3.90. The van der Waals surface area contributed by atoms with Gasteiger partial charge in [-0.3, -0.25) is 5.32 Å². The third-order valence-corrected chi connectivity index (χ3v) is 1.39. The normalized spacial score (nSPS) is 21.3. The monoisotopic (exact) mass is 145 g/mol. The highest BCUT2D eigenvalue weighted by Gasteiger charge is 2.11. The van der Waals surface area contributed by atoms with Crippen molar-refractivity contribution in [2.75, 3.05) is 19.8 Å². The minimum Gasteiger partial charge on any atom is -0.340 e. The summed E-state index contributed by atoms with van der Waals surface area (Å²) in [6.07, 6.45) is 1.99. The Labute approximate surface area is 61.7 Å². The van der Waals surface area contributed by atoms with Crippen LogP contribution in [0.25, 0.3) is 0 Å². The van der Waals surface area contributed by atoms with Crippen molar-refractivity contribution in [3.8, 4) is 0 Å². The van der Waals surface area contributed by atoms with Crippen LogP contribution >= 0.6 is 0 Å². The van der Waals surface area contributed by atoms with E-state index in [9.17, 15) is 0 Å². The SMILES string of the molecule is CCCNC1OCCCO1. The summed E-state index contributed by atoms with van der Waals surface area (Å²) in [6, 6.07) is 0. The summed E-state index contributed by atoms with van der Waals surface area (Å²) in [5.41, 5.74) is 0. The Kier molecular flexibility index (Phi) is 3.72. The summed E-state index contributed by atoms with van der Waals surface area (Å²) in [7, 11) is 0. The van der Waals surface area contributed by atoms with Crippen molar-refractivity contribution in [2.45, 2.75) is 26.2 Å². The summed E-state index contributed by atoms with van der Waals surface area (Å²) in [5.74, 6) is 0.